The number of piperidine rings is 1. The third-order valence-electron chi connectivity index (χ3n) is 4.14. The second-order valence-corrected chi connectivity index (χ2v) is 5.87. The van der Waals surface area contributed by atoms with Crippen LogP contribution in [0.25, 0.3) is 0 Å². The summed E-state index contributed by atoms with van der Waals surface area (Å²) in [7, 11) is 0. The summed E-state index contributed by atoms with van der Waals surface area (Å²) in [6.07, 6.45) is 8.45. The molecule has 0 aromatic rings. The third-order valence-corrected chi connectivity index (χ3v) is 4.14. The van der Waals surface area contributed by atoms with Crippen molar-refractivity contribution in [3.8, 4) is 0 Å². The van der Waals surface area contributed by atoms with E-state index in [4.69, 9.17) is 0 Å². The Bertz CT molecular complexity index is 191. The number of nitrogens with one attached hydrogen (secondary N) is 1. The van der Waals surface area contributed by atoms with Crippen LogP contribution in [0.15, 0.2) is 0 Å². The lowest BCUT2D eigenvalue weighted by Crippen LogP contribution is -2.54. The summed E-state index contributed by atoms with van der Waals surface area (Å²) in [6, 6.07) is 0.828. The second kappa shape index (κ2) is 4.84. The molecule has 1 aliphatic carbocycles. The largest absolute Gasteiger partial charge is 0.312 e. The van der Waals surface area contributed by atoms with Crippen molar-refractivity contribution < 1.29 is 0 Å². The van der Waals surface area contributed by atoms with Crippen molar-refractivity contribution in [1.82, 2.24) is 10.2 Å². The smallest absolute Gasteiger partial charge is 0.0277 e. The first-order valence-electron chi connectivity index (χ1n) is 6.67. The average Bonchev–Trinajstić information content (AvgIpc) is 2.16. The molecule has 2 aliphatic rings. The van der Waals surface area contributed by atoms with Crippen molar-refractivity contribution in [1.29, 1.82) is 0 Å². The van der Waals surface area contributed by atoms with Crippen LogP contribution in [0.3, 0.4) is 0 Å². The van der Waals surface area contributed by atoms with Crippen molar-refractivity contribution in [2.75, 3.05) is 19.6 Å². The Balaban J connectivity index is 1.75. The summed E-state index contributed by atoms with van der Waals surface area (Å²) in [6.45, 7) is 8.56. The van der Waals surface area contributed by atoms with E-state index in [1.807, 2.05) is 0 Å². The highest BCUT2D eigenvalue weighted by molar-refractivity contribution is 4.88. The maximum Gasteiger partial charge on any atom is 0.0277 e. The molecule has 0 spiro atoms. The van der Waals surface area contributed by atoms with Gasteiger partial charge < -0.3 is 5.32 Å². The van der Waals surface area contributed by atoms with Crippen LogP contribution in [0.1, 0.15) is 52.4 Å². The highest BCUT2D eigenvalue weighted by atomic mass is 15.2. The lowest BCUT2D eigenvalue weighted by atomic mass is 9.91. The number of hydrogen-bond donors (Lipinski definition) is 1. The van der Waals surface area contributed by atoms with Crippen molar-refractivity contribution >= 4 is 0 Å². The Hall–Kier alpha value is -0.0800. The molecule has 1 heterocycles. The third kappa shape index (κ3) is 2.94. The van der Waals surface area contributed by atoms with Crippen LogP contribution in [-0.4, -0.2) is 36.1 Å². The molecule has 1 N–H and O–H groups in total. The standard InChI is InChI=1S/C13H26N2/c1-13(2,11-14-12-7-6-8-12)15-9-4-3-5-10-15/h12,14H,3-11H2,1-2H3. The molecule has 2 rings (SSSR count). The predicted molar refractivity (Wildman–Crippen MR) is 65.1 cm³/mol. The molecule has 0 atom stereocenters. The van der Waals surface area contributed by atoms with E-state index < -0.39 is 0 Å². The Kier molecular flexibility index (Phi) is 3.68. The van der Waals surface area contributed by atoms with Gasteiger partial charge in [0.15, 0.2) is 0 Å². The monoisotopic (exact) mass is 210 g/mol. The summed E-state index contributed by atoms with van der Waals surface area (Å²) in [5.74, 6) is 0. The summed E-state index contributed by atoms with van der Waals surface area (Å²) in [5.41, 5.74) is 0.357. The number of rotatable bonds is 4. The van der Waals surface area contributed by atoms with E-state index >= 15 is 0 Å². The van der Waals surface area contributed by atoms with Gasteiger partial charge in [0, 0.05) is 18.1 Å². The molecule has 0 aromatic heterocycles. The molecular formula is C13H26N2. The first-order valence-corrected chi connectivity index (χ1v) is 6.67. The molecule has 88 valence electrons. The maximum atomic E-state index is 3.71. The molecule has 0 unspecified atom stereocenters. The summed E-state index contributed by atoms with van der Waals surface area (Å²) in [4.78, 5) is 2.67. The molecule has 1 saturated carbocycles. The van der Waals surface area contributed by atoms with Crippen LogP contribution in [0, 0.1) is 0 Å². The minimum Gasteiger partial charge on any atom is -0.312 e. The Morgan fingerprint density at radius 1 is 1.07 bits per heavy atom. The van der Waals surface area contributed by atoms with Gasteiger partial charge in [0.25, 0.3) is 0 Å². The molecule has 15 heavy (non-hydrogen) atoms. The highest BCUT2D eigenvalue weighted by Crippen LogP contribution is 2.22. The SMILES string of the molecule is CC(C)(CNC1CCC1)N1CCCCC1. The number of nitrogens with zero attached hydrogens (tertiary/aromatic N) is 1. The normalized spacial score (nSPS) is 25.2. The number of likely N-dealkylation sites (tertiary alicyclic amines) is 1. The van der Waals surface area contributed by atoms with E-state index in [0.29, 0.717) is 5.54 Å². The zero-order valence-corrected chi connectivity index (χ0v) is 10.4. The maximum absolute atomic E-state index is 3.71. The zero-order chi connectivity index (χ0) is 10.7. The molecule has 0 radical (unpaired) electrons. The molecule has 0 amide bonds. The number of hydrogen-bond acceptors (Lipinski definition) is 2. The van der Waals surface area contributed by atoms with Crippen LogP contribution in [0.5, 0.6) is 0 Å². The summed E-state index contributed by atoms with van der Waals surface area (Å²) >= 11 is 0. The van der Waals surface area contributed by atoms with Gasteiger partial charge in [0.2, 0.25) is 0 Å². The zero-order valence-electron chi connectivity index (χ0n) is 10.4. The van der Waals surface area contributed by atoms with Crippen molar-refractivity contribution in [3.63, 3.8) is 0 Å². The molecule has 2 fully saturated rings. The molecule has 1 saturated heterocycles. The van der Waals surface area contributed by atoms with Gasteiger partial charge in [0.1, 0.15) is 0 Å². The Labute approximate surface area is 94.4 Å². The summed E-state index contributed by atoms with van der Waals surface area (Å²) < 4.78 is 0. The van der Waals surface area contributed by atoms with Gasteiger partial charge in [-0.3, -0.25) is 4.90 Å². The first kappa shape index (κ1) is 11.4. The lowest BCUT2D eigenvalue weighted by Gasteiger charge is -2.42. The molecule has 1 aliphatic heterocycles. The van der Waals surface area contributed by atoms with Gasteiger partial charge in [0.05, 0.1) is 0 Å². The van der Waals surface area contributed by atoms with E-state index in [0.717, 1.165) is 12.6 Å². The highest BCUT2D eigenvalue weighted by Gasteiger charge is 2.29. The van der Waals surface area contributed by atoms with Gasteiger partial charge in [-0.1, -0.05) is 12.8 Å². The van der Waals surface area contributed by atoms with Gasteiger partial charge >= 0.3 is 0 Å². The first-order chi connectivity index (χ1) is 7.18. The van der Waals surface area contributed by atoms with Crippen LogP contribution in [0.2, 0.25) is 0 Å². The van der Waals surface area contributed by atoms with Crippen molar-refractivity contribution in [2.45, 2.75) is 64.0 Å². The minimum atomic E-state index is 0.357. The van der Waals surface area contributed by atoms with E-state index in [9.17, 15) is 0 Å². The average molecular weight is 210 g/mol. The van der Waals surface area contributed by atoms with E-state index in [1.165, 1.54) is 51.6 Å². The van der Waals surface area contributed by atoms with Crippen LogP contribution in [0.4, 0.5) is 0 Å². The molecular weight excluding hydrogens is 184 g/mol. The topological polar surface area (TPSA) is 15.3 Å². The van der Waals surface area contributed by atoms with Gasteiger partial charge in [-0.15, -0.1) is 0 Å². The summed E-state index contributed by atoms with van der Waals surface area (Å²) in [5, 5.41) is 3.71. The molecule has 2 nitrogen and oxygen atoms in total. The van der Waals surface area contributed by atoms with Gasteiger partial charge in [-0.25, -0.2) is 0 Å². The Morgan fingerprint density at radius 2 is 1.73 bits per heavy atom. The fourth-order valence-electron chi connectivity index (χ4n) is 2.62. The fraction of sp³-hybridized carbons (Fsp3) is 1.00. The predicted octanol–water partition coefficient (Wildman–Crippen LogP) is 2.39. The van der Waals surface area contributed by atoms with Crippen LogP contribution >= 0.6 is 0 Å². The van der Waals surface area contributed by atoms with Gasteiger partial charge in [-0.05, 0) is 52.6 Å². The molecule has 0 bridgehead atoms. The van der Waals surface area contributed by atoms with Crippen LogP contribution in [-0.2, 0) is 0 Å². The van der Waals surface area contributed by atoms with E-state index in [2.05, 4.69) is 24.1 Å². The fourth-order valence-corrected chi connectivity index (χ4v) is 2.62. The molecule has 0 aromatic carbocycles. The van der Waals surface area contributed by atoms with Crippen molar-refractivity contribution in [3.05, 3.63) is 0 Å². The minimum absolute atomic E-state index is 0.357. The lowest BCUT2D eigenvalue weighted by molar-refractivity contribution is 0.0883. The Morgan fingerprint density at radius 3 is 2.27 bits per heavy atom. The second-order valence-electron chi connectivity index (χ2n) is 5.87. The van der Waals surface area contributed by atoms with Gasteiger partial charge in [-0.2, -0.15) is 0 Å². The quantitative estimate of drug-likeness (QED) is 0.766. The molecule has 2 heteroatoms. The van der Waals surface area contributed by atoms with E-state index in [1.54, 1.807) is 0 Å². The van der Waals surface area contributed by atoms with Crippen LogP contribution < -0.4 is 5.32 Å². The van der Waals surface area contributed by atoms with Crippen molar-refractivity contribution in [2.24, 2.45) is 0 Å². The van der Waals surface area contributed by atoms with E-state index in [-0.39, 0.29) is 0 Å².